The van der Waals surface area contributed by atoms with Crippen LogP contribution in [0.15, 0.2) is 42.7 Å². The minimum Gasteiger partial charge on any atom is -0.497 e. The first kappa shape index (κ1) is 19.8. The second-order valence-corrected chi connectivity index (χ2v) is 7.42. The molecule has 0 aliphatic carbocycles. The highest BCUT2D eigenvalue weighted by Gasteiger charge is 2.14. The minimum absolute atomic E-state index is 0.0139. The van der Waals surface area contributed by atoms with Gasteiger partial charge in [0.15, 0.2) is 16.2 Å². The number of aromatic amines is 1. The Hall–Kier alpha value is -3.53. The molecule has 0 fully saturated rings. The number of rotatable bonds is 6. The van der Waals surface area contributed by atoms with Crippen LogP contribution in [-0.2, 0) is 11.3 Å². The Morgan fingerprint density at radius 3 is 2.73 bits per heavy atom. The third kappa shape index (κ3) is 3.81. The Bertz CT molecular complexity index is 1250. The molecule has 1 aromatic carbocycles. The zero-order valence-electron chi connectivity index (χ0n) is 16.8. The quantitative estimate of drug-likeness (QED) is 0.460. The molecule has 3 heterocycles. The van der Waals surface area contributed by atoms with Gasteiger partial charge >= 0.3 is 0 Å². The number of fused-ring (bicyclic) bond motifs is 1. The maximum absolute atomic E-state index is 12.7. The number of methoxy groups -OCH3 is 1. The number of hydrogen-bond donors (Lipinski definition) is 2. The molecule has 0 atom stereocenters. The highest BCUT2D eigenvalue weighted by Crippen LogP contribution is 2.22. The molecular weight excluding hydrogens is 402 g/mol. The summed E-state index contributed by atoms with van der Waals surface area (Å²) in [5.41, 5.74) is 2.19. The maximum atomic E-state index is 12.7. The molecule has 0 aliphatic heterocycles. The molecule has 154 valence electrons. The molecule has 9 nitrogen and oxygen atoms in total. The molecular formula is C20H21N7O2S. The molecule has 0 saturated carbocycles. The lowest BCUT2D eigenvalue weighted by Gasteiger charge is -2.09. The van der Waals surface area contributed by atoms with Gasteiger partial charge in [0.05, 0.1) is 25.2 Å². The van der Waals surface area contributed by atoms with Crippen LogP contribution in [-0.4, -0.2) is 42.5 Å². The average Bonchev–Trinajstić information content (AvgIpc) is 3.32. The van der Waals surface area contributed by atoms with E-state index in [0.717, 1.165) is 22.3 Å². The molecule has 0 aliphatic rings. The summed E-state index contributed by atoms with van der Waals surface area (Å²) in [6, 6.07) is 9.44. The molecule has 0 radical (unpaired) electrons. The number of ether oxygens (including phenoxy) is 1. The van der Waals surface area contributed by atoms with Gasteiger partial charge in [-0.05, 0) is 56.4 Å². The highest BCUT2D eigenvalue weighted by atomic mass is 32.1. The molecule has 2 N–H and O–H groups in total. The van der Waals surface area contributed by atoms with Crippen LogP contribution in [0.25, 0.3) is 22.4 Å². The summed E-state index contributed by atoms with van der Waals surface area (Å²) in [5.74, 6) is 1.07. The SMILES string of the molecule is COc1ccc(-c2n[nH]c(=S)n2CC(=O)Nc2cnc3c(cnn3C(C)C)c2)cc1. The van der Waals surface area contributed by atoms with E-state index in [0.29, 0.717) is 16.3 Å². The number of benzene rings is 1. The summed E-state index contributed by atoms with van der Waals surface area (Å²) >= 11 is 5.31. The van der Waals surface area contributed by atoms with Gasteiger partial charge in [0.1, 0.15) is 12.3 Å². The second kappa shape index (κ2) is 8.07. The Morgan fingerprint density at radius 2 is 2.03 bits per heavy atom. The zero-order valence-corrected chi connectivity index (χ0v) is 17.6. The number of H-pyrrole nitrogens is 1. The smallest absolute Gasteiger partial charge is 0.244 e. The monoisotopic (exact) mass is 423 g/mol. The van der Waals surface area contributed by atoms with E-state index in [1.165, 1.54) is 0 Å². The Kier molecular flexibility index (Phi) is 5.32. The van der Waals surface area contributed by atoms with Gasteiger partial charge in [0.25, 0.3) is 0 Å². The molecule has 0 unspecified atom stereocenters. The summed E-state index contributed by atoms with van der Waals surface area (Å²) in [7, 11) is 1.61. The summed E-state index contributed by atoms with van der Waals surface area (Å²) in [6.45, 7) is 4.09. The topological polar surface area (TPSA) is 103 Å². The molecule has 4 rings (SSSR count). The number of nitrogens with zero attached hydrogens (tertiary/aromatic N) is 5. The van der Waals surface area contributed by atoms with Crippen molar-refractivity contribution in [3.05, 3.63) is 47.5 Å². The van der Waals surface area contributed by atoms with Crippen molar-refractivity contribution in [1.82, 2.24) is 29.5 Å². The first-order chi connectivity index (χ1) is 14.5. The fourth-order valence-corrected chi connectivity index (χ4v) is 3.35. The van der Waals surface area contributed by atoms with Crippen LogP contribution >= 0.6 is 12.2 Å². The molecule has 1 amide bonds. The van der Waals surface area contributed by atoms with Crippen molar-refractivity contribution in [2.75, 3.05) is 12.4 Å². The lowest BCUT2D eigenvalue weighted by molar-refractivity contribution is -0.116. The van der Waals surface area contributed by atoms with Crippen LogP contribution in [0.4, 0.5) is 5.69 Å². The maximum Gasteiger partial charge on any atom is 0.244 e. The van der Waals surface area contributed by atoms with Gasteiger partial charge in [-0.1, -0.05) is 0 Å². The van der Waals surface area contributed by atoms with Gasteiger partial charge in [-0.2, -0.15) is 10.2 Å². The molecule has 10 heteroatoms. The number of aromatic nitrogens is 6. The van der Waals surface area contributed by atoms with E-state index in [-0.39, 0.29) is 18.5 Å². The van der Waals surface area contributed by atoms with Crippen molar-refractivity contribution in [3.8, 4) is 17.1 Å². The molecule has 30 heavy (non-hydrogen) atoms. The molecule has 4 aromatic rings. The fraction of sp³-hybridized carbons (Fsp3) is 0.250. The van der Waals surface area contributed by atoms with Crippen LogP contribution in [0.2, 0.25) is 0 Å². The van der Waals surface area contributed by atoms with Gasteiger partial charge in [-0.3, -0.25) is 14.5 Å². The average molecular weight is 424 g/mol. The molecule has 0 saturated heterocycles. The van der Waals surface area contributed by atoms with E-state index in [1.54, 1.807) is 24.1 Å². The number of amides is 1. The second-order valence-electron chi connectivity index (χ2n) is 7.03. The van der Waals surface area contributed by atoms with E-state index in [2.05, 4.69) is 25.6 Å². The summed E-state index contributed by atoms with van der Waals surface area (Å²) in [6.07, 6.45) is 3.37. The lowest BCUT2D eigenvalue weighted by atomic mass is 10.2. The number of nitrogens with one attached hydrogen (secondary N) is 2. The Balaban J connectivity index is 1.54. The third-order valence-electron chi connectivity index (χ3n) is 4.61. The number of hydrogen-bond acceptors (Lipinski definition) is 6. The van der Waals surface area contributed by atoms with E-state index in [9.17, 15) is 4.79 Å². The number of carbonyl (C=O) groups excluding carboxylic acids is 1. The number of pyridine rings is 1. The van der Waals surface area contributed by atoms with Gasteiger partial charge in [0, 0.05) is 17.0 Å². The van der Waals surface area contributed by atoms with Crippen molar-refractivity contribution in [2.45, 2.75) is 26.4 Å². The summed E-state index contributed by atoms with van der Waals surface area (Å²) < 4.78 is 9.04. The van der Waals surface area contributed by atoms with Crippen molar-refractivity contribution in [1.29, 1.82) is 0 Å². The van der Waals surface area contributed by atoms with Crippen molar-refractivity contribution < 1.29 is 9.53 Å². The van der Waals surface area contributed by atoms with Gasteiger partial charge in [-0.15, -0.1) is 0 Å². The van der Waals surface area contributed by atoms with Crippen molar-refractivity contribution in [2.24, 2.45) is 0 Å². The van der Waals surface area contributed by atoms with Gasteiger partial charge < -0.3 is 10.1 Å². The van der Waals surface area contributed by atoms with Gasteiger partial charge in [-0.25, -0.2) is 9.67 Å². The number of carbonyl (C=O) groups is 1. The summed E-state index contributed by atoms with van der Waals surface area (Å²) in [5, 5.41) is 15.1. The predicted molar refractivity (Wildman–Crippen MR) is 116 cm³/mol. The third-order valence-corrected chi connectivity index (χ3v) is 4.93. The first-order valence-electron chi connectivity index (χ1n) is 9.39. The molecule has 0 spiro atoms. The minimum atomic E-state index is -0.236. The highest BCUT2D eigenvalue weighted by molar-refractivity contribution is 7.71. The zero-order chi connectivity index (χ0) is 21.3. The van der Waals surface area contributed by atoms with Crippen molar-refractivity contribution in [3.63, 3.8) is 0 Å². The van der Waals surface area contributed by atoms with E-state index < -0.39 is 0 Å². The van der Waals surface area contributed by atoms with Gasteiger partial charge in [0.2, 0.25) is 5.91 Å². The van der Waals surface area contributed by atoms with E-state index in [1.807, 2.05) is 48.9 Å². The van der Waals surface area contributed by atoms with Crippen LogP contribution in [0.5, 0.6) is 5.75 Å². The largest absolute Gasteiger partial charge is 0.497 e. The molecule has 0 bridgehead atoms. The van der Waals surface area contributed by atoms with E-state index >= 15 is 0 Å². The lowest BCUT2D eigenvalue weighted by Crippen LogP contribution is -2.19. The van der Waals surface area contributed by atoms with Crippen LogP contribution in [0.3, 0.4) is 0 Å². The predicted octanol–water partition coefficient (Wildman–Crippen LogP) is 3.58. The molecule has 3 aromatic heterocycles. The number of anilines is 1. The Morgan fingerprint density at radius 1 is 1.27 bits per heavy atom. The van der Waals surface area contributed by atoms with Crippen LogP contribution in [0, 0.1) is 4.77 Å². The Labute approximate surface area is 177 Å². The van der Waals surface area contributed by atoms with Crippen molar-refractivity contribution >= 4 is 34.8 Å². The van der Waals surface area contributed by atoms with E-state index in [4.69, 9.17) is 17.0 Å². The standard InChI is InChI=1S/C20H21N7O2S/c1-12(2)27-18-14(9-22-27)8-15(10-21-18)23-17(28)11-26-19(24-25-20(26)30)13-4-6-16(29-3)7-5-13/h4-10,12H,11H2,1-3H3,(H,23,28)(H,25,30). The van der Waals surface area contributed by atoms with Crippen LogP contribution in [0.1, 0.15) is 19.9 Å². The fourth-order valence-electron chi connectivity index (χ4n) is 3.16. The summed E-state index contributed by atoms with van der Waals surface area (Å²) in [4.78, 5) is 17.1. The first-order valence-corrected chi connectivity index (χ1v) is 9.80. The normalized spacial score (nSPS) is 11.2. The van der Waals surface area contributed by atoms with Crippen LogP contribution < -0.4 is 10.1 Å².